The van der Waals surface area contributed by atoms with Gasteiger partial charge in [0.2, 0.25) is 0 Å². The lowest BCUT2D eigenvalue weighted by Gasteiger charge is -2.18. The highest BCUT2D eigenvalue weighted by Gasteiger charge is 2.14. The van der Waals surface area contributed by atoms with Crippen LogP contribution in [0.25, 0.3) is 0 Å². The van der Waals surface area contributed by atoms with E-state index in [0.29, 0.717) is 17.9 Å². The summed E-state index contributed by atoms with van der Waals surface area (Å²) in [5.41, 5.74) is 3.73. The van der Waals surface area contributed by atoms with Crippen molar-refractivity contribution in [1.29, 1.82) is 0 Å². The van der Waals surface area contributed by atoms with E-state index in [1.807, 2.05) is 79.7 Å². The standard InChI is InChI=1S/C22H21NO2/c1-17-11-13-20(14-12-17)23(2)22(24)19-9-6-10-21(15-19)25-16-18-7-4-3-5-8-18/h3-15H,16H2,1-2H3. The number of amides is 1. The molecule has 3 aromatic carbocycles. The highest BCUT2D eigenvalue weighted by atomic mass is 16.5. The molecule has 0 aliphatic carbocycles. The van der Waals surface area contributed by atoms with Crippen molar-refractivity contribution in [3.63, 3.8) is 0 Å². The smallest absolute Gasteiger partial charge is 0.258 e. The van der Waals surface area contributed by atoms with Crippen LogP contribution in [-0.4, -0.2) is 13.0 Å². The first-order valence-corrected chi connectivity index (χ1v) is 8.25. The molecule has 0 N–H and O–H groups in total. The van der Waals surface area contributed by atoms with Crippen molar-refractivity contribution in [3.05, 3.63) is 95.6 Å². The third kappa shape index (κ3) is 4.27. The van der Waals surface area contributed by atoms with Crippen LogP contribution in [0.2, 0.25) is 0 Å². The minimum absolute atomic E-state index is 0.0611. The van der Waals surface area contributed by atoms with Crippen LogP contribution in [0, 0.1) is 6.92 Å². The number of anilines is 1. The lowest BCUT2D eigenvalue weighted by Crippen LogP contribution is -2.26. The zero-order valence-electron chi connectivity index (χ0n) is 14.5. The maximum atomic E-state index is 12.7. The molecule has 0 aromatic heterocycles. The molecule has 0 spiro atoms. The van der Waals surface area contributed by atoms with Gasteiger partial charge in [-0.25, -0.2) is 0 Å². The second-order valence-electron chi connectivity index (χ2n) is 6.00. The molecule has 0 aliphatic rings. The molecular formula is C22H21NO2. The topological polar surface area (TPSA) is 29.5 Å². The van der Waals surface area contributed by atoms with E-state index in [2.05, 4.69) is 0 Å². The van der Waals surface area contributed by atoms with Crippen molar-refractivity contribution < 1.29 is 9.53 Å². The zero-order valence-corrected chi connectivity index (χ0v) is 14.5. The Kier molecular flexibility index (Phi) is 5.14. The van der Waals surface area contributed by atoms with E-state index in [1.54, 1.807) is 18.0 Å². The minimum atomic E-state index is -0.0611. The normalized spacial score (nSPS) is 10.3. The summed E-state index contributed by atoms with van der Waals surface area (Å²) in [5.74, 6) is 0.626. The fourth-order valence-corrected chi connectivity index (χ4v) is 2.54. The van der Waals surface area contributed by atoms with Gasteiger partial charge in [0.05, 0.1) is 0 Å². The third-order valence-corrected chi connectivity index (χ3v) is 4.06. The average molecular weight is 331 g/mol. The number of ether oxygens (including phenoxy) is 1. The van der Waals surface area contributed by atoms with Crippen molar-refractivity contribution in [1.82, 2.24) is 0 Å². The van der Waals surface area contributed by atoms with Crippen LogP contribution in [0.15, 0.2) is 78.9 Å². The van der Waals surface area contributed by atoms with Crippen LogP contribution in [0.3, 0.4) is 0 Å². The number of benzene rings is 3. The first-order chi connectivity index (χ1) is 12.1. The number of hydrogen-bond donors (Lipinski definition) is 0. The van der Waals surface area contributed by atoms with E-state index in [1.165, 1.54) is 5.56 Å². The molecule has 3 aromatic rings. The lowest BCUT2D eigenvalue weighted by atomic mass is 10.1. The summed E-state index contributed by atoms with van der Waals surface area (Å²) in [4.78, 5) is 14.4. The molecule has 3 rings (SSSR count). The van der Waals surface area contributed by atoms with Crippen LogP contribution >= 0.6 is 0 Å². The van der Waals surface area contributed by atoms with E-state index < -0.39 is 0 Å². The Morgan fingerprint density at radius 1 is 0.920 bits per heavy atom. The molecule has 0 bridgehead atoms. The van der Waals surface area contributed by atoms with Gasteiger partial charge in [-0.15, -0.1) is 0 Å². The largest absolute Gasteiger partial charge is 0.489 e. The summed E-state index contributed by atoms with van der Waals surface area (Å²) in [5, 5.41) is 0. The number of rotatable bonds is 5. The Bertz CT molecular complexity index is 841. The van der Waals surface area contributed by atoms with Gasteiger partial charge in [0.15, 0.2) is 0 Å². The molecule has 1 amide bonds. The van der Waals surface area contributed by atoms with Crippen molar-refractivity contribution in [2.75, 3.05) is 11.9 Å². The van der Waals surface area contributed by atoms with E-state index in [0.717, 1.165) is 11.3 Å². The fraction of sp³-hybridized carbons (Fsp3) is 0.136. The molecule has 0 fully saturated rings. The Labute approximate surface area is 148 Å². The highest BCUT2D eigenvalue weighted by Crippen LogP contribution is 2.20. The number of carbonyl (C=O) groups excluding carboxylic acids is 1. The molecule has 0 atom stereocenters. The molecule has 0 saturated carbocycles. The number of hydrogen-bond acceptors (Lipinski definition) is 2. The van der Waals surface area contributed by atoms with Gasteiger partial charge in [-0.05, 0) is 42.8 Å². The van der Waals surface area contributed by atoms with E-state index in [9.17, 15) is 4.79 Å². The van der Waals surface area contributed by atoms with Gasteiger partial charge >= 0.3 is 0 Å². The predicted octanol–water partition coefficient (Wildman–Crippen LogP) is 4.85. The molecule has 3 heteroatoms. The molecule has 126 valence electrons. The van der Waals surface area contributed by atoms with Gasteiger partial charge in [0.25, 0.3) is 5.91 Å². The minimum Gasteiger partial charge on any atom is -0.489 e. The van der Waals surface area contributed by atoms with Crippen molar-refractivity contribution in [2.45, 2.75) is 13.5 Å². The van der Waals surface area contributed by atoms with Crippen molar-refractivity contribution in [3.8, 4) is 5.75 Å². The van der Waals surface area contributed by atoms with Gasteiger partial charge in [-0.1, -0.05) is 54.1 Å². The average Bonchev–Trinajstić information content (AvgIpc) is 2.67. The maximum Gasteiger partial charge on any atom is 0.258 e. The SMILES string of the molecule is Cc1ccc(N(C)C(=O)c2cccc(OCc3ccccc3)c2)cc1. The summed E-state index contributed by atoms with van der Waals surface area (Å²) < 4.78 is 5.81. The molecular weight excluding hydrogens is 310 g/mol. The molecule has 0 radical (unpaired) electrons. The number of aryl methyl sites for hydroxylation is 1. The second-order valence-corrected chi connectivity index (χ2v) is 6.00. The van der Waals surface area contributed by atoms with E-state index in [4.69, 9.17) is 4.74 Å². The quantitative estimate of drug-likeness (QED) is 0.669. The van der Waals surface area contributed by atoms with Gasteiger partial charge in [0.1, 0.15) is 12.4 Å². The second kappa shape index (κ2) is 7.67. The Morgan fingerprint density at radius 2 is 1.64 bits per heavy atom. The lowest BCUT2D eigenvalue weighted by molar-refractivity contribution is 0.0992. The molecule has 0 aliphatic heterocycles. The van der Waals surface area contributed by atoms with Crippen LogP contribution < -0.4 is 9.64 Å². The molecule has 0 unspecified atom stereocenters. The number of carbonyl (C=O) groups is 1. The Morgan fingerprint density at radius 3 is 2.36 bits per heavy atom. The molecule has 3 nitrogen and oxygen atoms in total. The summed E-state index contributed by atoms with van der Waals surface area (Å²) in [7, 11) is 1.78. The first kappa shape index (κ1) is 16.8. The Hall–Kier alpha value is -3.07. The van der Waals surface area contributed by atoms with Crippen molar-refractivity contribution in [2.24, 2.45) is 0 Å². The van der Waals surface area contributed by atoms with Crippen LogP contribution in [0.1, 0.15) is 21.5 Å². The first-order valence-electron chi connectivity index (χ1n) is 8.25. The Balaban J connectivity index is 1.71. The molecule has 0 heterocycles. The van der Waals surface area contributed by atoms with Crippen LogP contribution in [-0.2, 0) is 6.61 Å². The zero-order chi connectivity index (χ0) is 17.6. The highest BCUT2D eigenvalue weighted by molar-refractivity contribution is 6.05. The maximum absolute atomic E-state index is 12.7. The van der Waals surface area contributed by atoms with Crippen LogP contribution in [0.4, 0.5) is 5.69 Å². The van der Waals surface area contributed by atoms with Gasteiger partial charge in [-0.3, -0.25) is 4.79 Å². The van der Waals surface area contributed by atoms with Gasteiger partial charge in [-0.2, -0.15) is 0 Å². The predicted molar refractivity (Wildman–Crippen MR) is 101 cm³/mol. The third-order valence-electron chi connectivity index (χ3n) is 4.06. The molecule has 0 saturated heterocycles. The van der Waals surface area contributed by atoms with Gasteiger partial charge in [0, 0.05) is 18.3 Å². The van der Waals surface area contributed by atoms with Crippen molar-refractivity contribution >= 4 is 11.6 Å². The molecule has 25 heavy (non-hydrogen) atoms. The van der Waals surface area contributed by atoms with E-state index >= 15 is 0 Å². The summed E-state index contributed by atoms with van der Waals surface area (Å²) in [6.07, 6.45) is 0. The van der Waals surface area contributed by atoms with E-state index in [-0.39, 0.29) is 5.91 Å². The summed E-state index contributed by atoms with van der Waals surface area (Å²) in [6, 6.07) is 25.2. The van der Waals surface area contributed by atoms with Crippen LogP contribution in [0.5, 0.6) is 5.75 Å². The fourth-order valence-electron chi connectivity index (χ4n) is 2.54. The monoisotopic (exact) mass is 331 g/mol. The summed E-state index contributed by atoms with van der Waals surface area (Å²) in [6.45, 7) is 2.51. The summed E-state index contributed by atoms with van der Waals surface area (Å²) >= 11 is 0. The number of nitrogens with zero attached hydrogens (tertiary/aromatic N) is 1. The van der Waals surface area contributed by atoms with Gasteiger partial charge < -0.3 is 9.64 Å².